The summed E-state index contributed by atoms with van der Waals surface area (Å²) in [6.07, 6.45) is 0.163. The van der Waals surface area contributed by atoms with Crippen molar-refractivity contribution in [2.24, 2.45) is 0 Å². The molecule has 2 rings (SSSR count). The fourth-order valence-corrected chi connectivity index (χ4v) is 2.50. The topological polar surface area (TPSA) is 12.5 Å². The zero-order chi connectivity index (χ0) is 11.5. The predicted octanol–water partition coefficient (Wildman–Crippen LogP) is 2.95. The van der Waals surface area contributed by atoms with E-state index >= 15 is 0 Å². The lowest BCUT2D eigenvalue weighted by Crippen LogP contribution is -2.42. The second-order valence-corrected chi connectivity index (χ2v) is 4.57. The Morgan fingerprint density at radius 2 is 2.38 bits per heavy atom. The summed E-state index contributed by atoms with van der Waals surface area (Å²) in [5.41, 5.74) is 1.71. The summed E-state index contributed by atoms with van der Waals surface area (Å²) in [7, 11) is 0. The van der Waals surface area contributed by atoms with E-state index in [1.807, 2.05) is 13.0 Å². The van der Waals surface area contributed by atoms with Gasteiger partial charge in [-0.3, -0.25) is 0 Å². The van der Waals surface area contributed by atoms with Crippen molar-refractivity contribution in [2.75, 3.05) is 24.6 Å². The van der Waals surface area contributed by atoms with Crippen molar-refractivity contribution >= 4 is 21.6 Å². The maximum absolute atomic E-state index is 13.8. The number of rotatable bonds is 2. The van der Waals surface area contributed by atoms with Crippen LogP contribution in [0.15, 0.2) is 18.2 Å². The molecule has 1 heterocycles. The van der Waals surface area contributed by atoms with E-state index < -0.39 is 0 Å². The van der Waals surface area contributed by atoms with E-state index in [0.717, 1.165) is 24.3 Å². The summed E-state index contributed by atoms with van der Waals surface area (Å²) in [5, 5.41) is 0.672. The van der Waals surface area contributed by atoms with Crippen molar-refractivity contribution in [2.45, 2.75) is 18.4 Å². The van der Waals surface area contributed by atoms with Crippen molar-refractivity contribution in [1.82, 2.24) is 0 Å². The Labute approximate surface area is 104 Å². The van der Waals surface area contributed by atoms with Crippen molar-refractivity contribution in [3.63, 3.8) is 0 Å². The van der Waals surface area contributed by atoms with Gasteiger partial charge in [0, 0.05) is 18.4 Å². The van der Waals surface area contributed by atoms with Gasteiger partial charge in [0.15, 0.2) is 0 Å². The molecule has 4 heteroatoms. The number of hydrogen-bond acceptors (Lipinski definition) is 2. The van der Waals surface area contributed by atoms with Crippen LogP contribution in [-0.2, 0) is 10.1 Å². The van der Waals surface area contributed by atoms with Crippen LogP contribution in [0.5, 0.6) is 0 Å². The van der Waals surface area contributed by atoms with E-state index in [9.17, 15) is 4.39 Å². The highest BCUT2D eigenvalue weighted by atomic mass is 79.9. The summed E-state index contributed by atoms with van der Waals surface area (Å²) in [4.78, 5) is 2.07. The van der Waals surface area contributed by atoms with Crippen LogP contribution < -0.4 is 4.90 Å². The number of alkyl halides is 1. The molecule has 16 heavy (non-hydrogen) atoms. The van der Waals surface area contributed by atoms with Crippen LogP contribution in [0.25, 0.3) is 0 Å². The number of benzene rings is 1. The number of ether oxygens (including phenoxy) is 1. The fourth-order valence-electron chi connectivity index (χ4n) is 2.04. The van der Waals surface area contributed by atoms with Crippen LogP contribution in [0.4, 0.5) is 10.1 Å². The molecule has 1 aromatic carbocycles. The van der Waals surface area contributed by atoms with E-state index in [0.29, 0.717) is 11.9 Å². The number of morpholine rings is 1. The maximum Gasteiger partial charge on any atom is 0.146 e. The maximum atomic E-state index is 13.8. The quantitative estimate of drug-likeness (QED) is 0.776. The molecule has 1 fully saturated rings. The third-order valence-electron chi connectivity index (χ3n) is 2.77. The van der Waals surface area contributed by atoms with Crippen LogP contribution >= 0.6 is 15.9 Å². The van der Waals surface area contributed by atoms with Crippen LogP contribution in [0.1, 0.15) is 12.5 Å². The van der Waals surface area contributed by atoms with Crippen LogP contribution in [0.2, 0.25) is 0 Å². The average molecular weight is 288 g/mol. The molecule has 1 aromatic rings. The van der Waals surface area contributed by atoms with Gasteiger partial charge < -0.3 is 9.64 Å². The van der Waals surface area contributed by atoms with E-state index in [4.69, 9.17) is 4.74 Å². The van der Waals surface area contributed by atoms with E-state index in [1.165, 1.54) is 6.07 Å². The Balaban J connectivity index is 2.30. The first-order chi connectivity index (χ1) is 7.72. The zero-order valence-electron chi connectivity index (χ0n) is 9.25. The first-order valence-corrected chi connectivity index (χ1v) is 6.54. The molecule has 1 atom stereocenters. The molecule has 0 aliphatic carbocycles. The highest BCUT2D eigenvalue weighted by Gasteiger charge is 2.21. The Morgan fingerprint density at radius 1 is 1.56 bits per heavy atom. The van der Waals surface area contributed by atoms with Gasteiger partial charge in [0.2, 0.25) is 0 Å². The lowest BCUT2D eigenvalue weighted by atomic mass is 10.1. The summed E-state index contributed by atoms with van der Waals surface area (Å²) in [6, 6.07) is 5.22. The van der Waals surface area contributed by atoms with Crippen molar-refractivity contribution in [3.8, 4) is 0 Å². The van der Waals surface area contributed by atoms with Gasteiger partial charge in [-0.25, -0.2) is 4.39 Å². The van der Waals surface area contributed by atoms with Gasteiger partial charge in [-0.15, -0.1) is 0 Å². The second kappa shape index (κ2) is 5.15. The van der Waals surface area contributed by atoms with Gasteiger partial charge >= 0.3 is 0 Å². The highest BCUT2D eigenvalue weighted by molar-refractivity contribution is 9.08. The largest absolute Gasteiger partial charge is 0.375 e. The third kappa shape index (κ3) is 2.38. The number of halogens is 2. The van der Waals surface area contributed by atoms with Crippen molar-refractivity contribution in [1.29, 1.82) is 0 Å². The van der Waals surface area contributed by atoms with E-state index in [1.54, 1.807) is 6.07 Å². The molecule has 0 aromatic heterocycles. The lowest BCUT2D eigenvalue weighted by molar-refractivity contribution is 0.0529. The first kappa shape index (κ1) is 11.9. The Kier molecular flexibility index (Phi) is 3.82. The predicted molar refractivity (Wildman–Crippen MR) is 66.7 cm³/mol. The molecule has 0 saturated carbocycles. The lowest BCUT2D eigenvalue weighted by Gasteiger charge is -2.34. The van der Waals surface area contributed by atoms with Gasteiger partial charge in [0.1, 0.15) is 5.82 Å². The smallest absolute Gasteiger partial charge is 0.146 e. The van der Waals surface area contributed by atoms with Crippen LogP contribution in [0.3, 0.4) is 0 Å². The van der Waals surface area contributed by atoms with Gasteiger partial charge in [-0.1, -0.05) is 28.1 Å². The molecule has 0 spiro atoms. The highest BCUT2D eigenvalue weighted by Crippen LogP contribution is 2.27. The number of nitrogens with zero attached hydrogens (tertiary/aromatic N) is 1. The third-order valence-corrected chi connectivity index (χ3v) is 3.38. The molecule has 0 amide bonds. The standard InChI is InChI=1S/C12H15BrFNO/c1-9-8-15(5-6-16-9)12-10(7-13)3-2-4-11(12)14/h2-4,9H,5-8H2,1H3. The molecule has 1 aliphatic rings. The molecule has 1 aliphatic heterocycles. The summed E-state index contributed by atoms with van der Waals surface area (Å²) < 4.78 is 19.3. The first-order valence-electron chi connectivity index (χ1n) is 5.42. The van der Waals surface area contributed by atoms with Gasteiger partial charge in [0.05, 0.1) is 18.4 Å². The van der Waals surface area contributed by atoms with Gasteiger partial charge in [-0.05, 0) is 18.6 Å². The Bertz CT molecular complexity index is 372. The molecule has 1 saturated heterocycles. The average Bonchev–Trinajstić information content (AvgIpc) is 2.28. The minimum absolute atomic E-state index is 0.147. The molecule has 0 radical (unpaired) electrons. The summed E-state index contributed by atoms with van der Waals surface area (Å²) >= 11 is 3.40. The Hall–Kier alpha value is -0.610. The van der Waals surface area contributed by atoms with Gasteiger partial charge in [0.25, 0.3) is 0 Å². The molecular weight excluding hydrogens is 273 g/mol. The number of hydrogen-bond donors (Lipinski definition) is 0. The molecule has 0 N–H and O–H groups in total. The van der Waals surface area contributed by atoms with Crippen molar-refractivity contribution in [3.05, 3.63) is 29.6 Å². The van der Waals surface area contributed by atoms with E-state index in [-0.39, 0.29) is 11.9 Å². The van der Waals surface area contributed by atoms with Gasteiger partial charge in [-0.2, -0.15) is 0 Å². The van der Waals surface area contributed by atoms with E-state index in [2.05, 4.69) is 20.8 Å². The molecular formula is C12H15BrFNO. The Morgan fingerprint density at radius 3 is 3.06 bits per heavy atom. The minimum Gasteiger partial charge on any atom is -0.375 e. The molecule has 2 nitrogen and oxygen atoms in total. The molecule has 88 valence electrons. The summed E-state index contributed by atoms with van der Waals surface area (Å²) in [5.74, 6) is -0.147. The van der Waals surface area contributed by atoms with Crippen LogP contribution in [-0.4, -0.2) is 25.8 Å². The SMILES string of the molecule is CC1CN(c2c(F)cccc2CBr)CCO1. The normalized spacial score (nSPS) is 21.2. The van der Waals surface area contributed by atoms with Crippen LogP contribution in [0, 0.1) is 5.82 Å². The molecule has 0 bridgehead atoms. The zero-order valence-corrected chi connectivity index (χ0v) is 10.8. The summed E-state index contributed by atoms with van der Waals surface area (Å²) in [6.45, 7) is 4.18. The van der Waals surface area contributed by atoms with Crippen molar-refractivity contribution < 1.29 is 9.13 Å². The fraction of sp³-hybridized carbons (Fsp3) is 0.500. The number of anilines is 1. The monoisotopic (exact) mass is 287 g/mol. The minimum atomic E-state index is -0.147. The second-order valence-electron chi connectivity index (χ2n) is 4.01. The number of para-hydroxylation sites is 1. The molecule has 1 unspecified atom stereocenters.